The molecule has 0 radical (unpaired) electrons. The van der Waals surface area contributed by atoms with Crippen LogP contribution in [0.15, 0.2) is 60.0 Å². The van der Waals surface area contributed by atoms with E-state index in [1.54, 1.807) is 36.4 Å². The van der Waals surface area contributed by atoms with E-state index in [0.29, 0.717) is 5.69 Å². The van der Waals surface area contributed by atoms with Crippen LogP contribution in [0.25, 0.3) is 11.4 Å². The molecule has 3 rings (SSSR count). The predicted octanol–water partition coefficient (Wildman–Crippen LogP) is 3.23. The van der Waals surface area contributed by atoms with Gasteiger partial charge in [-0.1, -0.05) is 0 Å². The summed E-state index contributed by atoms with van der Waals surface area (Å²) in [4.78, 5) is 16.2. The normalized spacial score (nSPS) is 11.5. The number of nitrogens with zero attached hydrogens (tertiary/aromatic N) is 3. The summed E-state index contributed by atoms with van der Waals surface area (Å²) in [5.41, 5.74) is 1.63. The molecule has 0 bridgehead atoms. The van der Waals surface area contributed by atoms with Gasteiger partial charge in [0.15, 0.2) is 0 Å². The first-order valence-electron chi connectivity index (χ1n) is 6.91. The number of halogens is 3. The Hall–Kier alpha value is -3.03. The second kappa shape index (κ2) is 5.88. The molecule has 8 heteroatoms. The molecule has 0 unspecified atom stereocenters. The lowest BCUT2D eigenvalue weighted by molar-refractivity contribution is -0.274. The molecule has 5 nitrogen and oxygen atoms in total. The smallest absolute Gasteiger partial charge is 0.406 e. The lowest BCUT2D eigenvalue weighted by Crippen LogP contribution is -2.19. The molecule has 0 atom stereocenters. The van der Waals surface area contributed by atoms with Gasteiger partial charge < -0.3 is 9.30 Å². The fourth-order valence-corrected chi connectivity index (χ4v) is 2.30. The van der Waals surface area contributed by atoms with Crippen LogP contribution in [-0.2, 0) is 0 Å². The van der Waals surface area contributed by atoms with Crippen molar-refractivity contribution in [1.82, 2.24) is 14.1 Å². The van der Waals surface area contributed by atoms with Crippen LogP contribution in [0, 0.1) is 6.92 Å². The van der Waals surface area contributed by atoms with E-state index in [9.17, 15) is 18.0 Å². The Kier molecular flexibility index (Phi) is 3.88. The molecule has 0 aliphatic carbocycles. The molecule has 0 aliphatic heterocycles. The predicted molar refractivity (Wildman–Crippen MR) is 80.6 cm³/mol. The van der Waals surface area contributed by atoms with Gasteiger partial charge in [0.05, 0.1) is 12.0 Å². The summed E-state index contributed by atoms with van der Waals surface area (Å²) in [5, 5.41) is 0. The summed E-state index contributed by atoms with van der Waals surface area (Å²) in [5.74, 6) is -0.346. The summed E-state index contributed by atoms with van der Waals surface area (Å²) in [6, 6.07) is 6.54. The fraction of sp³-hybridized carbons (Fsp3) is 0.125. The standard InChI is InChI=1S/C16H12F3N3O2/c1-11-8-15(23)22(9-14(11)21-7-6-20-10-21)12-2-4-13(5-3-12)24-16(17,18)19/h2-10H,1H3. The zero-order valence-corrected chi connectivity index (χ0v) is 12.5. The van der Waals surface area contributed by atoms with Crippen molar-refractivity contribution in [2.75, 3.05) is 0 Å². The van der Waals surface area contributed by atoms with Gasteiger partial charge in [-0.3, -0.25) is 9.36 Å². The molecule has 3 aromatic rings. The molecule has 0 aliphatic rings. The number of alkyl halides is 3. The zero-order valence-electron chi connectivity index (χ0n) is 12.5. The van der Waals surface area contributed by atoms with Crippen molar-refractivity contribution in [3.8, 4) is 17.1 Å². The molecule has 24 heavy (non-hydrogen) atoms. The number of benzene rings is 1. The van der Waals surface area contributed by atoms with E-state index in [-0.39, 0.29) is 11.3 Å². The van der Waals surface area contributed by atoms with Gasteiger partial charge in [0.1, 0.15) is 5.75 Å². The number of pyridine rings is 1. The highest BCUT2D eigenvalue weighted by atomic mass is 19.4. The Morgan fingerprint density at radius 3 is 2.46 bits per heavy atom. The Morgan fingerprint density at radius 1 is 1.17 bits per heavy atom. The minimum Gasteiger partial charge on any atom is -0.406 e. The van der Waals surface area contributed by atoms with Crippen molar-refractivity contribution in [3.63, 3.8) is 0 Å². The third-order valence-electron chi connectivity index (χ3n) is 3.36. The minimum atomic E-state index is -4.75. The second-order valence-electron chi connectivity index (χ2n) is 5.06. The molecule has 0 fully saturated rings. The summed E-state index contributed by atoms with van der Waals surface area (Å²) >= 11 is 0. The third-order valence-corrected chi connectivity index (χ3v) is 3.36. The summed E-state index contributed by atoms with van der Waals surface area (Å²) in [6.07, 6.45) is 1.79. The number of aryl methyl sites for hydroxylation is 1. The molecule has 2 heterocycles. The topological polar surface area (TPSA) is 49.0 Å². The van der Waals surface area contributed by atoms with Crippen LogP contribution >= 0.6 is 0 Å². The molecular formula is C16H12F3N3O2. The van der Waals surface area contributed by atoms with Gasteiger partial charge in [-0.2, -0.15) is 0 Å². The number of hydrogen-bond acceptors (Lipinski definition) is 3. The van der Waals surface area contributed by atoms with Crippen LogP contribution in [0.4, 0.5) is 13.2 Å². The van der Waals surface area contributed by atoms with Crippen LogP contribution in [0.3, 0.4) is 0 Å². The first-order chi connectivity index (χ1) is 11.3. The van der Waals surface area contributed by atoms with E-state index in [2.05, 4.69) is 9.72 Å². The number of imidazole rings is 1. The lowest BCUT2D eigenvalue weighted by Gasteiger charge is -2.13. The monoisotopic (exact) mass is 335 g/mol. The average molecular weight is 335 g/mol. The first-order valence-corrected chi connectivity index (χ1v) is 6.91. The summed E-state index contributed by atoms with van der Waals surface area (Å²) in [6.45, 7) is 1.79. The molecule has 0 saturated heterocycles. The van der Waals surface area contributed by atoms with Gasteiger partial charge in [-0.05, 0) is 36.8 Å². The number of ether oxygens (including phenoxy) is 1. The van der Waals surface area contributed by atoms with E-state index in [4.69, 9.17) is 0 Å². The molecule has 0 saturated carbocycles. The molecule has 2 aromatic heterocycles. The molecule has 124 valence electrons. The quantitative estimate of drug-likeness (QED) is 0.738. The van der Waals surface area contributed by atoms with Gasteiger partial charge in [-0.15, -0.1) is 13.2 Å². The molecule has 1 aromatic carbocycles. The fourth-order valence-electron chi connectivity index (χ4n) is 2.30. The first kappa shape index (κ1) is 15.9. The van der Waals surface area contributed by atoms with E-state index in [1.165, 1.54) is 22.8 Å². The molecule has 0 N–H and O–H groups in total. The second-order valence-corrected chi connectivity index (χ2v) is 5.06. The molecular weight excluding hydrogens is 323 g/mol. The Morgan fingerprint density at radius 2 is 1.88 bits per heavy atom. The van der Waals surface area contributed by atoms with Crippen molar-refractivity contribution in [3.05, 3.63) is 71.2 Å². The Bertz CT molecular complexity index is 898. The third kappa shape index (κ3) is 3.32. The highest BCUT2D eigenvalue weighted by Gasteiger charge is 2.30. The number of hydrogen-bond donors (Lipinski definition) is 0. The van der Waals surface area contributed by atoms with Crippen molar-refractivity contribution >= 4 is 0 Å². The number of rotatable bonds is 3. The maximum atomic E-state index is 12.2. The Labute approximate surface area is 134 Å². The van der Waals surface area contributed by atoms with Crippen LogP contribution < -0.4 is 10.3 Å². The van der Waals surface area contributed by atoms with Crippen LogP contribution in [0.2, 0.25) is 0 Å². The van der Waals surface area contributed by atoms with Gasteiger partial charge in [-0.25, -0.2) is 4.98 Å². The maximum absolute atomic E-state index is 12.2. The molecule has 0 amide bonds. The van der Waals surface area contributed by atoms with E-state index in [0.717, 1.165) is 23.4 Å². The lowest BCUT2D eigenvalue weighted by atomic mass is 10.2. The van der Waals surface area contributed by atoms with E-state index < -0.39 is 6.36 Å². The number of aromatic nitrogens is 3. The minimum absolute atomic E-state index is 0.291. The van der Waals surface area contributed by atoms with Crippen molar-refractivity contribution in [2.24, 2.45) is 0 Å². The van der Waals surface area contributed by atoms with Gasteiger partial charge in [0.2, 0.25) is 0 Å². The van der Waals surface area contributed by atoms with Gasteiger partial charge >= 0.3 is 6.36 Å². The van der Waals surface area contributed by atoms with Gasteiger partial charge in [0, 0.05) is 30.3 Å². The van der Waals surface area contributed by atoms with Crippen LogP contribution in [0.1, 0.15) is 5.56 Å². The largest absolute Gasteiger partial charge is 0.573 e. The average Bonchev–Trinajstić information content (AvgIpc) is 3.01. The Balaban J connectivity index is 2.00. The zero-order chi connectivity index (χ0) is 17.3. The van der Waals surface area contributed by atoms with Gasteiger partial charge in [0.25, 0.3) is 5.56 Å². The molecule has 0 spiro atoms. The van der Waals surface area contributed by atoms with Crippen molar-refractivity contribution in [2.45, 2.75) is 13.3 Å². The van der Waals surface area contributed by atoms with Crippen molar-refractivity contribution < 1.29 is 17.9 Å². The highest BCUT2D eigenvalue weighted by molar-refractivity contribution is 5.43. The highest BCUT2D eigenvalue weighted by Crippen LogP contribution is 2.23. The summed E-state index contributed by atoms with van der Waals surface area (Å²) < 4.78 is 43.5. The van der Waals surface area contributed by atoms with E-state index >= 15 is 0 Å². The van der Waals surface area contributed by atoms with Crippen LogP contribution in [-0.4, -0.2) is 20.5 Å². The van der Waals surface area contributed by atoms with E-state index in [1.807, 2.05) is 0 Å². The van der Waals surface area contributed by atoms with Crippen LogP contribution in [0.5, 0.6) is 5.75 Å². The summed E-state index contributed by atoms with van der Waals surface area (Å²) in [7, 11) is 0. The maximum Gasteiger partial charge on any atom is 0.573 e. The van der Waals surface area contributed by atoms with Crippen molar-refractivity contribution in [1.29, 1.82) is 0 Å². The SMILES string of the molecule is Cc1cc(=O)n(-c2ccc(OC(F)(F)F)cc2)cc1-n1ccnc1.